The van der Waals surface area contributed by atoms with E-state index in [1.807, 2.05) is 28.9 Å². The van der Waals surface area contributed by atoms with Crippen molar-refractivity contribution in [3.05, 3.63) is 41.7 Å². The minimum absolute atomic E-state index is 0.0719. The van der Waals surface area contributed by atoms with Crippen molar-refractivity contribution >= 4 is 0 Å². The Balaban J connectivity index is 2.41. The number of nitrogens with zero attached hydrogens (tertiary/aromatic N) is 2. The molecule has 1 aromatic carbocycles. The number of aromatic nitrogens is 2. The Morgan fingerprint density at radius 2 is 1.72 bits per heavy atom. The molecule has 3 nitrogen and oxygen atoms in total. The maximum Gasteiger partial charge on any atom is 0.119 e. The molecule has 0 N–H and O–H groups in total. The maximum atomic E-state index is 5.17. The topological polar surface area (TPSA) is 27.1 Å². The van der Waals surface area contributed by atoms with E-state index < -0.39 is 0 Å². The highest BCUT2D eigenvalue weighted by Gasteiger charge is 2.18. The van der Waals surface area contributed by atoms with Gasteiger partial charge >= 0.3 is 0 Å². The van der Waals surface area contributed by atoms with E-state index in [-0.39, 0.29) is 5.41 Å². The summed E-state index contributed by atoms with van der Waals surface area (Å²) in [5.41, 5.74) is 3.38. The van der Waals surface area contributed by atoms with Crippen LogP contribution >= 0.6 is 0 Å². The van der Waals surface area contributed by atoms with Crippen LogP contribution in [0.2, 0.25) is 0 Å². The molecule has 1 aromatic heterocycles. The van der Waals surface area contributed by atoms with Gasteiger partial charge in [-0.05, 0) is 37.3 Å². The molecular weight excluding hydrogens is 224 g/mol. The van der Waals surface area contributed by atoms with Gasteiger partial charge in [0.05, 0.1) is 18.5 Å². The predicted octanol–water partition coefficient (Wildman–Crippen LogP) is 3.49. The molecule has 0 aliphatic heterocycles. The van der Waals surface area contributed by atoms with Gasteiger partial charge < -0.3 is 4.74 Å². The third-order valence-corrected chi connectivity index (χ3v) is 2.97. The zero-order chi connectivity index (χ0) is 13.3. The summed E-state index contributed by atoms with van der Waals surface area (Å²) >= 11 is 0. The highest BCUT2D eigenvalue weighted by atomic mass is 16.5. The first-order valence-electron chi connectivity index (χ1n) is 6.13. The molecule has 2 rings (SSSR count). The van der Waals surface area contributed by atoms with Gasteiger partial charge in [-0.15, -0.1) is 0 Å². The summed E-state index contributed by atoms with van der Waals surface area (Å²) in [7, 11) is 1.67. The molecule has 0 radical (unpaired) electrons. The standard InChI is InChI=1S/C15H20N2O/c1-11-10-14(15(2,3)4)16-17(11)12-6-8-13(18-5)9-7-12/h6-10H,1-5H3. The number of hydrogen-bond acceptors (Lipinski definition) is 2. The second-order valence-electron chi connectivity index (χ2n) is 5.53. The van der Waals surface area contributed by atoms with Crippen LogP contribution in [0.15, 0.2) is 30.3 Å². The summed E-state index contributed by atoms with van der Waals surface area (Å²) in [6.07, 6.45) is 0. The molecule has 0 unspecified atom stereocenters. The fourth-order valence-electron chi connectivity index (χ4n) is 1.83. The largest absolute Gasteiger partial charge is 0.497 e. The van der Waals surface area contributed by atoms with Gasteiger partial charge in [-0.1, -0.05) is 20.8 Å². The van der Waals surface area contributed by atoms with Crippen molar-refractivity contribution < 1.29 is 4.74 Å². The van der Waals surface area contributed by atoms with Crippen LogP contribution in [0.3, 0.4) is 0 Å². The summed E-state index contributed by atoms with van der Waals surface area (Å²) in [5, 5.41) is 4.68. The van der Waals surface area contributed by atoms with Crippen LogP contribution in [0.5, 0.6) is 5.75 Å². The van der Waals surface area contributed by atoms with Crippen LogP contribution < -0.4 is 4.74 Å². The lowest BCUT2D eigenvalue weighted by molar-refractivity contribution is 0.414. The van der Waals surface area contributed by atoms with Crippen LogP contribution in [0, 0.1) is 6.92 Å². The van der Waals surface area contributed by atoms with Gasteiger partial charge in [-0.3, -0.25) is 0 Å². The zero-order valence-corrected chi connectivity index (χ0v) is 11.7. The van der Waals surface area contributed by atoms with Gasteiger partial charge in [-0.25, -0.2) is 4.68 Å². The first-order chi connectivity index (χ1) is 8.41. The van der Waals surface area contributed by atoms with Crippen LogP contribution in [-0.4, -0.2) is 16.9 Å². The third kappa shape index (κ3) is 2.40. The second kappa shape index (κ2) is 4.48. The van der Waals surface area contributed by atoms with Crippen molar-refractivity contribution in [2.75, 3.05) is 7.11 Å². The smallest absolute Gasteiger partial charge is 0.119 e. The maximum absolute atomic E-state index is 5.17. The highest BCUT2D eigenvalue weighted by Crippen LogP contribution is 2.23. The Labute approximate surface area is 108 Å². The average molecular weight is 244 g/mol. The van der Waals surface area contributed by atoms with Crippen molar-refractivity contribution in [3.8, 4) is 11.4 Å². The molecule has 18 heavy (non-hydrogen) atoms. The first kappa shape index (κ1) is 12.7. The van der Waals surface area contributed by atoms with E-state index in [1.165, 1.54) is 0 Å². The normalized spacial score (nSPS) is 11.6. The lowest BCUT2D eigenvalue weighted by Gasteiger charge is -2.14. The van der Waals surface area contributed by atoms with Gasteiger partial charge in [0, 0.05) is 11.1 Å². The van der Waals surface area contributed by atoms with Crippen molar-refractivity contribution in [1.29, 1.82) is 0 Å². The Hall–Kier alpha value is -1.77. The number of methoxy groups -OCH3 is 1. The molecule has 0 atom stereocenters. The van der Waals surface area contributed by atoms with Crippen LogP contribution in [0.4, 0.5) is 0 Å². The van der Waals surface area contributed by atoms with Crippen molar-refractivity contribution in [2.24, 2.45) is 0 Å². The number of rotatable bonds is 2. The third-order valence-electron chi connectivity index (χ3n) is 2.97. The summed E-state index contributed by atoms with van der Waals surface area (Å²) in [6, 6.07) is 10.1. The SMILES string of the molecule is COc1ccc(-n2nc(C(C)(C)C)cc2C)cc1. The second-order valence-corrected chi connectivity index (χ2v) is 5.53. The molecule has 0 amide bonds. The lowest BCUT2D eigenvalue weighted by Crippen LogP contribution is -2.12. The quantitative estimate of drug-likeness (QED) is 0.808. The first-order valence-corrected chi connectivity index (χ1v) is 6.13. The monoisotopic (exact) mass is 244 g/mol. The summed E-state index contributed by atoms with van der Waals surface area (Å²) in [5.74, 6) is 0.861. The molecule has 0 bridgehead atoms. The summed E-state index contributed by atoms with van der Waals surface area (Å²) in [6.45, 7) is 8.60. The van der Waals surface area contributed by atoms with Gasteiger partial charge in [0.2, 0.25) is 0 Å². The van der Waals surface area contributed by atoms with Gasteiger partial charge in [-0.2, -0.15) is 5.10 Å². The Morgan fingerprint density at radius 3 is 2.17 bits per heavy atom. The molecule has 2 aromatic rings. The van der Waals surface area contributed by atoms with E-state index in [1.54, 1.807) is 7.11 Å². The van der Waals surface area contributed by atoms with Crippen molar-refractivity contribution in [2.45, 2.75) is 33.1 Å². The molecule has 0 saturated carbocycles. The van der Waals surface area contributed by atoms with E-state index in [4.69, 9.17) is 4.74 Å². The van der Waals surface area contributed by atoms with Gasteiger partial charge in [0.25, 0.3) is 0 Å². The van der Waals surface area contributed by atoms with Crippen LogP contribution in [0.25, 0.3) is 5.69 Å². The number of ether oxygens (including phenoxy) is 1. The number of hydrogen-bond donors (Lipinski definition) is 0. The lowest BCUT2D eigenvalue weighted by atomic mass is 9.92. The highest BCUT2D eigenvalue weighted by molar-refractivity contribution is 5.38. The molecule has 1 heterocycles. The number of aryl methyl sites for hydroxylation is 1. The average Bonchev–Trinajstić information content (AvgIpc) is 2.71. The fraction of sp³-hybridized carbons (Fsp3) is 0.400. The summed E-state index contributed by atoms with van der Waals surface area (Å²) < 4.78 is 7.14. The van der Waals surface area contributed by atoms with E-state index in [0.717, 1.165) is 22.8 Å². The fourth-order valence-corrected chi connectivity index (χ4v) is 1.83. The van der Waals surface area contributed by atoms with Crippen molar-refractivity contribution in [1.82, 2.24) is 9.78 Å². The minimum Gasteiger partial charge on any atom is -0.497 e. The Morgan fingerprint density at radius 1 is 1.11 bits per heavy atom. The van der Waals surface area contributed by atoms with Crippen molar-refractivity contribution in [3.63, 3.8) is 0 Å². The molecule has 0 saturated heterocycles. The molecule has 0 aliphatic rings. The molecular formula is C15H20N2O. The molecule has 0 aliphatic carbocycles. The Kier molecular flexibility index (Phi) is 3.16. The van der Waals surface area contributed by atoms with E-state index in [9.17, 15) is 0 Å². The van der Waals surface area contributed by atoms with E-state index >= 15 is 0 Å². The predicted molar refractivity (Wildman–Crippen MR) is 73.6 cm³/mol. The summed E-state index contributed by atoms with van der Waals surface area (Å²) in [4.78, 5) is 0. The molecule has 0 spiro atoms. The van der Waals surface area contributed by atoms with Gasteiger partial charge in [0.15, 0.2) is 0 Å². The van der Waals surface area contributed by atoms with E-state index in [0.29, 0.717) is 0 Å². The van der Waals surface area contributed by atoms with E-state index in [2.05, 4.69) is 38.9 Å². The molecule has 96 valence electrons. The minimum atomic E-state index is 0.0719. The van der Waals surface area contributed by atoms with Crippen LogP contribution in [-0.2, 0) is 5.41 Å². The molecule has 3 heteroatoms. The molecule has 0 fully saturated rings. The Bertz CT molecular complexity index is 533. The van der Waals surface area contributed by atoms with Gasteiger partial charge in [0.1, 0.15) is 5.75 Å². The zero-order valence-electron chi connectivity index (χ0n) is 11.7. The van der Waals surface area contributed by atoms with Crippen LogP contribution in [0.1, 0.15) is 32.2 Å². The number of benzene rings is 1.